The number of hydrogen-bond donors (Lipinski definition) is 0. The summed E-state index contributed by atoms with van der Waals surface area (Å²) < 4.78 is 4.84. The number of allylic oxidation sites excluding steroid dienone is 2. The minimum atomic E-state index is 0.296. The number of rotatable bonds is 2. The largest absolute Gasteiger partial charge is 0.333 e. The Hall–Kier alpha value is -4.67. The van der Waals surface area contributed by atoms with Crippen LogP contribution in [0, 0.1) is 0 Å². The second-order valence-corrected chi connectivity index (χ2v) is 11.4. The van der Waals surface area contributed by atoms with Crippen LogP contribution in [0.4, 0.5) is 11.4 Å². The van der Waals surface area contributed by atoms with E-state index in [1.165, 1.54) is 58.9 Å². The van der Waals surface area contributed by atoms with Gasteiger partial charge in [-0.1, -0.05) is 78.9 Å². The van der Waals surface area contributed by atoms with Crippen LogP contribution in [0.15, 0.2) is 128 Å². The van der Waals surface area contributed by atoms with Crippen molar-refractivity contribution in [2.24, 2.45) is 0 Å². The molecule has 184 valence electrons. The fraction of sp³-hybridized carbons (Fsp3) is 0.0571. The Labute approximate surface area is 229 Å². The quantitative estimate of drug-likeness (QED) is 0.228. The molecule has 2 unspecified atom stereocenters. The molecule has 0 bridgehead atoms. The fourth-order valence-electron chi connectivity index (χ4n) is 6.73. The number of benzene rings is 4. The van der Waals surface area contributed by atoms with Crippen LogP contribution in [0.25, 0.3) is 47.8 Å². The number of thiophene rings is 1. The van der Waals surface area contributed by atoms with Crippen LogP contribution in [0.1, 0.15) is 11.5 Å². The van der Waals surface area contributed by atoms with E-state index in [0.717, 1.165) is 5.82 Å². The van der Waals surface area contributed by atoms with Crippen molar-refractivity contribution >= 4 is 64.7 Å². The molecule has 1 aliphatic heterocycles. The molecule has 3 nitrogen and oxygen atoms in total. The summed E-state index contributed by atoms with van der Waals surface area (Å²) in [5.74, 6) is 1.38. The van der Waals surface area contributed by atoms with Crippen LogP contribution in [-0.4, -0.2) is 15.6 Å². The number of fused-ring (bicyclic) bond motifs is 9. The van der Waals surface area contributed by atoms with Crippen LogP contribution >= 0.6 is 11.3 Å². The molecule has 0 spiro atoms. The van der Waals surface area contributed by atoms with E-state index in [-0.39, 0.29) is 0 Å². The SMILES string of the molecule is C1=CC2c3ccccc3N(c3ccc4sc5c(-n6c7ccccc7c7ccccc76)nccc5c4c3)C2C=C1. The number of pyridine rings is 1. The number of nitrogens with zero attached hydrogens (tertiary/aromatic N) is 3. The average Bonchev–Trinajstić information content (AvgIpc) is 3.65. The maximum absolute atomic E-state index is 4.97. The van der Waals surface area contributed by atoms with Crippen molar-refractivity contribution < 1.29 is 0 Å². The second kappa shape index (κ2) is 7.92. The third-order valence-electron chi connectivity index (χ3n) is 8.38. The first-order chi connectivity index (χ1) is 19.4. The molecule has 9 rings (SSSR count). The molecule has 4 heteroatoms. The van der Waals surface area contributed by atoms with Crippen molar-refractivity contribution in [2.45, 2.75) is 12.0 Å². The molecule has 4 heterocycles. The fourth-order valence-corrected chi connectivity index (χ4v) is 7.89. The first kappa shape index (κ1) is 21.3. The Morgan fingerprint density at radius 3 is 2.26 bits per heavy atom. The van der Waals surface area contributed by atoms with Crippen molar-refractivity contribution in [3.8, 4) is 5.82 Å². The first-order valence-electron chi connectivity index (χ1n) is 13.4. The lowest BCUT2D eigenvalue weighted by Crippen LogP contribution is -2.28. The van der Waals surface area contributed by atoms with Gasteiger partial charge in [0.15, 0.2) is 5.82 Å². The lowest BCUT2D eigenvalue weighted by molar-refractivity contribution is 0.745. The molecule has 0 amide bonds. The third-order valence-corrected chi connectivity index (χ3v) is 9.56. The molecule has 0 N–H and O–H groups in total. The van der Waals surface area contributed by atoms with E-state index < -0.39 is 0 Å². The van der Waals surface area contributed by atoms with E-state index in [2.05, 4.69) is 131 Å². The summed E-state index contributed by atoms with van der Waals surface area (Å²) in [6.07, 6.45) is 11.0. The molecule has 0 saturated carbocycles. The number of anilines is 2. The highest BCUT2D eigenvalue weighted by Gasteiger charge is 2.37. The zero-order valence-electron chi connectivity index (χ0n) is 21.0. The van der Waals surface area contributed by atoms with Gasteiger partial charge in [-0.05, 0) is 48.0 Å². The zero-order valence-corrected chi connectivity index (χ0v) is 21.8. The Morgan fingerprint density at radius 1 is 0.667 bits per heavy atom. The molecule has 0 fully saturated rings. The Balaban J connectivity index is 1.28. The summed E-state index contributed by atoms with van der Waals surface area (Å²) in [5.41, 5.74) is 6.31. The maximum atomic E-state index is 4.97. The van der Waals surface area contributed by atoms with Gasteiger partial charge in [0.05, 0.1) is 21.8 Å². The second-order valence-electron chi connectivity index (χ2n) is 10.4. The monoisotopic (exact) mass is 517 g/mol. The summed E-state index contributed by atoms with van der Waals surface area (Å²) >= 11 is 1.84. The summed E-state index contributed by atoms with van der Waals surface area (Å²) in [6.45, 7) is 0. The number of hydrogen-bond acceptors (Lipinski definition) is 3. The molecule has 2 atom stereocenters. The van der Waals surface area contributed by atoms with Crippen LogP contribution in [0.5, 0.6) is 0 Å². The van der Waals surface area contributed by atoms with E-state index in [1.807, 2.05) is 17.5 Å². The predicted octanol–water partition coefficient (Wildman–Crippen LogP) is 9.28. The molecule has 0 radical (unpaired) electrons. The van der Waals surface area contributed by atoms with Gasteiger partial charge < -0.3 is 4.90 Å². The van der Waals surface area contributed by atoms with Gasteiger partial charge in [0.25, 0.3) is 0 Å². The van der Waals surface area contributed by atoms with Gasteiger partial charge in [-0.15, -0.1) is 11.3 Å². The topological polar surface area (TPSA) is 21.1 Å². The molecule has 39 heavy (non-hydrogen) atoms. The van der Waals surface area contributed by atoms with Gasteiger partial charge in [-0.3, -0.25) is 4.57 Å². The van der Waals surface area contributed by atoms with Gasteiger partial charge in [0.2, 0.25) is 0 Å². The maximum Gasteiger partial charge on any atom is 0.155 e. The van der Waals surface area contributed by atoms with Gasteiger partial charge >= 0.3 is 0 Å². The minimum Gasteiger partial charge on any atom is -0.333 e. The molecule has 7 aromatic rings. The highest BCUT2D eigenvalue weighted by Crippen LogP contribution is 2.49. The first-order valence-corrected chi connectivity index (χ1v) is 14.2. The molecule has 0 saturated heterocycles. The molecular weight excluding hydrogens is 494 g/mol. The van der Waals surface area contributed by atoms with Crippen molar-refractivity contribution in [1.29, 1.82) is 0 Å². The van der Waals surface area contributed by atoms with E-state index >= 15 is 0 Å². The minimum absolute atomic E-state index is 0.296. The average molecular weight is 518 g/mol. The standard InChI is InChI=1S/C35H23N3S/c1-5-13-29-23(9-1)24-10-2-6-14-30(24)37(29)22-17-18-33-28(21-22)27-19-20-36-35(34(27)39-33)38-31-15-7-3-11-25(31)26-12-4-8-16-32(26)38/h1-21,23,29H. The van der Waals surface area contributed by atoms with Crippen molar-refractivity contribution in [3.63, 3.8) is 0 Å². The van der Waals surface area contributed by atoms with Gasteiger partial charge in [-0.2, -0.15) is 0 Å². The van der Waals surface area contributed by atoms with Gasteiger partial charge in [-0.25, -0.2) is 4.98 Å². The number of aromatic nitrogens is 2. The Morgan fingerprint density at radius 2 is 1.41 bits per heavy atom. The molecule has 2 aliphatic rings. The lowest BCUT2D eigenvalue weighted by atomic mass is 9.91. The van der Waals surface area contributed by atoms with E-state index in [1.54, 1.807) is 0 Å². The summed E-state index contributed by atoms with van der Waals surface area (Å²) in [7, 11) is 0. The highest BCUT2D eigenvalue weighted by molar-refractivity contribution is 7.26. The highest BCUT2D eigenvalue weighted by atomic mass is 32.1. The van der Waals surface area contributed by atoms with E-state index in [4.69, 9.17) is 4.98 Å². The summed E-state index contributed by atoms with van der Waals surface area (Å²) in [4.78, 5) is 7.49. The number of para-hydroxylation sites is 3. The smallest absolute Gasteiger partial charge is 0.155 e. The molecular formula is C35H23N3S. The summed E-state index contributed by atoms with van der Waals surface area (Å²) in [5, 5.41) is 5.05. The normalized spacial score (nSPS) is 18.0. The zero-order chi connectivity index (χ0) is 25.5. The third kappa shape index (κ3) is 2.89. The van der Waals surface area contributed by atoms with Crippen LogP contribution in [0.3, 0.4) is 0 Å². The van der Waals surface area contributed by atoms with Crippen molar-refractivity contribution in [2.75, 3.05) is 4.90 Å². The van der Waals surface area contributed by atoms with Crippen LogP contribution in [-0.2, 0) is 0 Å². The van der Waals surface area contributed by atoms with Gasteiger partial charge in [0, 0.05) is 49.7 Å². The Bertz CT molecular complexity index is 2110. The Kier molecular flexibility index (Phi) is 4.32. The molecule has 1 aliphatic carbocycles. The summed E-state index contributed by atoms with van der Waals surface area (Å²) in [6, 6.07) is 35.6. The van der Waals surface area contributed by atoms with Crippen LogP contribution < -0.4 is 4.90 Å². The van der Waals surface area contributed by atoms with Crippen LogP contribution in [0.2, 0.25) is 0 Å². The van der Waals surface area contributed by atoms with E-state index in [9.17, 15) is 0 Å². The van der Waals surface area contributed by atoms with Gasteiger partial charge in [0.1, 0.15) is 0 Å². The predicted molar refractivity (Wildman–Crippen MR) is 165 cm³/mol. The van der Waals surface area contributed by atoms with E-state index in [0.29, 0.717) is 12.0 Å². The van der Waals surface area contributed by atoms with Crippen molar-refractivity contribution in [1.82, 2.24) is 9.55 Å². The molecule has 3 aromatic heterocycles. The lowest BCUT2D eigenvalue weighted by Gasteiger charge is -2.28. The molecule has 4 aromatic carbocycles. The van der Waals surface area contributed by atoms with Crippen molar-refractivity contribution in [3.05, 3.63) is 133 Å².